The molecule has 0 radical (unpaired) electrons. The SMILES string of the molecule is CCOc1ccc(-c2[nH]c3ccc(CC)cc3c2CCCCN)c2cccnc12. The number of nitrogens with zero attached hydrogens (tertiary/aromatic N) is 1. The second-order valence-electron chi connectivity index (χ2n) is 7.40. The summed E-state index contributed by atoms with van der Waals surface area (Å²) in [6, 6.07) is 15.1. The van der Waals surface area contributed by atoms with Gasteiger partial charge >= 0.3 is 0 Å². The summed E-state index contributed by atoms with van der Waals surface area (Å²) in [5, 5.41) is 2.43. The van der Waals surface area contributed by atoms with Crippen molar-refractivity contribution in [3.8, 4) is 17.0 Å². The summed E-state index contributed by atoms with van der Waals surface area (Å²) in [5.74, 6) is 0.834. The Hall–Kier alpha value is -2.85. The highest BCUT2D eigenvalue weighted by Crippen LogP contribution is 2.38. The van der Waals surface area contributed by atoms with Gasteiger partial charge in [0.2, 0.25) is 0 Å². The molecule has 0 atom stereocenters. The molecule has 150 valence electrons. The van der Waals surface area contributed by atoms with E-state index in [2.05, 4.69) is 47.2 Å². The number of rotatable bonds is 8. The first kappa shape index (κ1) is 19.5. The van der Waals surface area contributed by atoms with Gasteiger partial charge in [-0.1, -0.05) is 19.1 Å². The van der Waals surface area contributed by atoms with E-state index >= 15 is 0 Å². The Balaban J connectivity index is 1.93. The van der Waals surface area contributed by atoms with Crippen LogP contribution in [0.4, 0.5) is 0 Å². The highest BCUT2D eigenvalue weighted by Gasteiger charge is 2.17. The van der Waals surface area contributed by atoms with Gasteiger partial charge in [0.15, 0.2) is 0 Å². The largest absolute Gasteiger partial charge is 0.492 e. The number of unbranched alkanes of at least 4 members (excludes halogenated alkanes) is 1. The van der Waals surface area contributed by atoms with Crippen molar-refractivity contribution in [1.29, 1.82) is 0 Å². The molecule has 0 fully saturated rings. The molecule has 2 heterocycles. The molecular formula is C25H29N3O. The number of nitrogens with one attached hydrogen (secondary N) is 1. The summed E-state index contributed by atoms with van der Waals surface area (Å²) >= 11 is 0. The highest BCUT2D eigenvalue weighted by molar-refractivity contribution is 6.01. The lowest BCUT2D eigenvalue weighted by Crippen LogP contribution is -1.99. The van der Waals surface area contributed by atoms with Gasteiger partial charge in [0.1, 0.15) is 11.3 Å². The number of H-pyrrole nitrogens is 1. The van der Waals surface area contributed by atoms with Crippen molar-refractivity contribution < 1.29 is 4.74 Å². The zero-order valence-electron chi connectivity index (χ0n) is 17.3. The van der Waals surface area contributed by atoms with Crippen molar-refractivity contribution in [2.75, 3.05) is 13.2 Å². The van der Waals surface area contributed by atoms with Crippen molar-refractivity contribution in [3.05, 3.63) is 59.8 Å². The fourth-order valence-electron chi connectivity index (χ4n) is 4.09. The number of fused-ring (bicyclic) bond motifs is 2. The molecule has 4 nitrogen and oxygen atoms in total. The number of aromatic nitrogens is 2. The number of hydrogen-bond acceptors (Lipinski definition) is 3. The van der Waals surface area contributed by atoms with Gasteiger partial charge in [-0.15, -0.1) is 0 Å². The molecule has 2 aromatic carbocycles. The lowest BCUT2D eigenvalue weighted by atomic mass is 9.96. The van der Waals surface area contributed by atoms with Crippen molar-refractivity contribution in [2.45, 2.75) is 39.5 Å². The number of aryl methyl sites for hydroxylation is 2. The normalized spacial score (nSPS) is 11.4. The Kier molecular flexibility index (Phi) is 5.81. The van der Waals surface area contributed by atoms with E-state index in [1.807, 2.05) is 25.3 Å². The third-order valence-corrected chi connectivity index (χ3v) is 5.56. The van der Waals surface area contributed by atoms with Gasteiger partial charge in [-0.2, -0.15) is 0 Å². The summed E-state index contributed by atoms with van der Waals surface area (Å²) in [4.78, 5) is 8.32. The molecule has 4 rings (SSSR count). The lowest BCUT2D eigenvalue weighted by Gasteiger charge is -2.12. The van der Waals surface area contributed by atoms with E-state index < -0.39 is 0 Å². The molecular weight excluding hydrogens is 358 g/mol. The zero-order valence-corrected chi connectivity index (χ0v) is 17.3. The molecule has 3 N–H and O–H groups in total. The molecule has 0 saturated carbocycles. The fraction of sp³-hybridized carbons (Fsp3) is 0.320. The average Bonchev–Trinajstić information content (AvgIpc) is 3.12. The van der Waals surface area contributed by atoms with Crippen LogP contribution in [-0.2, 0) is 12.8 Å². The third-order valence-electron chi connectivity index (χ3n) is 5.56. The van der Waals surface area contributed by atoms with Gasteiger partial charge in [0.25, 0.3) is 0 Å². The number of benzene rings is 2. The Labute approximate surface area is 172 Å². The lowest BCUT2D eigenvalue weighted by molar-refractivity contribution is 0.343. The molecule has 0 amide bonds. The fourth-order valence-corrected chi connectivity index (χ4v) is 4.09. The minimum absolute atomic E-state index is 0.627. The number of hydrogen-bond donors (Lipinski definition) is 2. The second-order valence-corrected chi connectivity index (χ2v) is 7.40. The summed E-state index contributed by atoms with van der Waals surface area (Å²) < 4.78 is 5.82. The maximum Gasteiger partial charge on any atom is 0.145 e. The first-order valence-electron chi connectivity index (χ1n) is 10.6. The summed E-state index contributed by atoms with van der Waals surface area (Å²) in [6.07, 6.45) is 5.99. The van der Waals surface area contributed by atoms with E-state index in [1.54, 1.807) is 0 Å². The predicted molar refractivity (Wildman–Crippen MR) is 122 cm³/mol. The first-order chi connectivity index (χ1) is 14.3. The maximum atomic E-state index is 5.82. The van der Waals surface area contributed by atoms with Crippen molar-refractivity contribution in [3.63, 3.8) is 0 Å². The first-order valence-corrected chi connectivity index (χ1v) is 10.6. The van der Waals surface area contributed by atoms with Crippen LogP contribution in [0.3, 0.4) is 0 Å². The molecule has 4 aromatic rings. The Bertz CT molecular complexity index is 1130. The summed E-state index contributed by atoms with van der Waals surface area (Å²) in [6.45, 7) is 5.56. The van der Waals surface area contributed by atoms with Gasteiger partial charge in [-0.3, -0.25) is 4.98 Å². The molecule has 0 bridgehead atoms. The number of ether oxygens (including phenoxy) is 1. The van der Waals surface area contributed by atoms with Crippen LogP contribution in [0.1, 0.15) is 37.8 Å². The van der Waals surface area contributed by atoms with Gasteiger partial charge < -0.3 is 15.5 Å². The van der Waals surface area contributed by atoms with E-state index in [0.717, 1.165) is 48.9 Å². The van der Waals surface area contributed by atoms with E-state index in [0.29, 0.717) is 6.61 Å². The third kappa shape index (κ3) is 3.73. The highest BCUT2D eigenvalue weighted by atomic mass is 16.5. The smallest absolute Gasteiger partial charge is 0.145 e. The quantitative estimate of drug-likeness (QED) is 0.385. The number of aromatic amines is 1. The minimum Gasteiger partial charge on any atom is -0.492 e. The van der Waals surface area contributed by atoms with E-state index in [9.17, 15) is 0 Å². The Morgan fingerprint density at radius 3 is 2.72 bits per heavy atom. The van der Waals surface area contributed by atoms with Crippen LogP contribution < -0.4 is 10.5 Å². The molecule has 4 heteroatoms. The molecule has 0 aliphatic rings. The van der Waals surface area contributed by atoms with Crippen LogP contribution in [-0.4, -0.2) is 23.1 Å². The van der Waals surface area contributed by atoms with Crippen LogP contribution in [0.2, 0.25) is 0 Å². The van der Waals surface area contributed by atoms with Gasteiger partial charge in [-0.05, 0) is 80.6 Å². The van der Waals surface area contributed by atoms with Crippen molar-refractivity contribution in [2.24, 2.45) is 5.73 Å². The van der Waals surface area contributed by atoms with Crippen LogP contribution in [0.15, 0.2) is 48.7 Å². The standard InChI is InChI=1S/C25H29N3O/c1-3-17-10-12-22-21(16-17)19(8-5-6-14-26)24(28-22)20-11-13-23(29-4-2)25-18(20)9-7-15-27-25/h7,9-13,15-16,28H,3-6,8,14,26H2,1-2H3. The maximum absolute atomic E-state index is 5.82. The van der Waals surface area contributed by atoms with E-state index in [-0.39, 0.29) is 0 Å². The van der Waals surface area contributed by atoms with Crippen LogP contribution in [0, 0.1) is 0 Å². The molecule has 0 aliphatic heterocycles. The molecule has 0 saturated heterocycles. The average molecular weight is 388 g/mol. The van der Waals surface area contributed by atoms with Gasteiger partial charge in [0.05, 0.1) is 12.3 Å². The van der Waals surface area contributed by atoms with Crippen molar-refractivity contribution >= 4 is 21.8 Å². The Morgan fingerprint density at radius 2 is 1.93 bits per heavy atom. The molecule has 2 aromatic heterocycles. The summed E-state index contributed by atoms with van der Waals surface area (Å²) in [7, 11) is 0. The van der Waals surface area contributed by atoms with Crippen LogP contribution >= 0.6 is 0 Å². The second kappa shape index (κ2) is 8.66. The van der Waals surface area contributed by atoms with E-state index in [1.165, 1.54) is 33.3 Å². The molecule has 0 unspecified atom stereocenters. The van der Waals surface area contributed by atoms with Crippen molar-refractivity contribution in [1.82, 2.24) is 9.97 Å². The van der Waals surface area contributed by atoms with Crippen LogP contribution in [0.5, 0.6) is 5.75 Å². The predicted octanol–water partition coefficient (Wildman–Crippen LogP) is 5.63. The van der Waals surface area contributed by atoms with Crippen LogP contribution in [0.25, 0.3) is 33.1 Å². The van der Waals surface area contributed by atoms with Gasteiger partial charge in [-0.25, -0.2) is 0 Å². The van der Waals surface area contributed by atoms with Gasteiger partial charge in [0, 0.05) is 28.0 Å². The minimum atomic E-state index is 0.627. The summed E-state index contributed by atoms with van der Waals surface area (Å²) in [5.41, 5.74) is 13.0. The zero-order chi connectivity index (χ0) is 20.2. The number of pyridine rings is 1. The molecule has 0 aliphatic carbocycles. The monoisotopic (exact) mass is 387 g/mol. The van der Waals surface area contributed by atoms with E-state index in [4.69, 9.17) is 10.5 Å². The number of nitrogens with two attached hydrogens (primary N) is 1. The molecule has 0 spiro atoms. The molecule has 29 heavy (non-hydrogen) atoms. The topological polar surface area (TPSA) is 63.9 Å². The Morgan fingerprint density at radius 1 is 1.03 bits per heavy atom.